The van der Waals surface area contributed by atoms with E-state index in [1.165, 1.54) is 11.8 Å². The summed E-state index contributed by atoms with van der Waals surface area (Å²) in [4.78, 5) is 66.4. The zero-order chi connectivity index (χ0) is 35.0. The smallest absolute Gasteiger partial charge is 0.272 e. The van der Waals surface area contributed by atoms with Crippen LogP contribution in [-0.2, 0) is 9.59 Å². The largest absolute Gasteiger partial charge is 0.494 e. The number of rotatable bonds is 11. The number of fused-ring (bicyclic) bond motifs is 2. The van der Waals surface area contributed by atoms with Crippen LogP contribution in [0.2, 0.25) is 0 Å². The Morgan fingerprint density at radius 3 is 2.06 bits per heavy atom. The maximum atomic E-state index is 13.4. The van der Waals surface area contributed by atoms with Crippen LogP contribution in [-0.4, -0.2) is 41.6 Å². The highest BCUT2D eigenvalue weighted by molar-refractivity contribution is 8.00. The van der Waals surface area contributed by atoms with Crippen molar-refractivity contribution < 1.29 is 28.7 Å². The van der Waals surface area contributed by atoms with Gasteiger partial charge in [0.1, 0.15) is 11.4 Å². The van der Waals surface area contributed by atoms with Crippen LogP contribution < -0.4 is 20.7 Å². The van der Waals surface area contributed by atoms with Crippen molar-refractivity contribution >= 4 is 58.5 Å². The molecule has 0 saturated carbocycles. The van der Waals surface area contributed by atoms with Crippen LogP contribution in [0.25, 0.3) is 6.08 Å². The molecule has 0 saturated heterocycles. The van der Waals surface area contributed by atoms with Crippen molar-refractivity contribution in [3.8, 4) is 5.75 Å². The summed E-state index contributed by atoms with van der Waals surface area (Å²) in [5.74, 6) is -1.15. The lowest BCUT2D eigenvalue weighted by Crippen LogP contribution is -2.30. The average molecular weight is 682 g/mol. The molecule has 0 heterocycles. The predicted molar refractivity (Wildman–Crippen MR) is 194 cm³/mol. The summed E-state index contributed by atoms with van der Waals surface area (Å²) in [5, 5.41) is 8.34. The second-order valence-corrected chi connectivity index (χ2v) is 12.2. The molecule has 9 nitrogen and oxygen atoms in total. The van der Waals surface area contributed by atoms with Gasteiger partial charge in [0.2, 0.25) is 5.91 Å². The van der Waals surface area contributed by atoms with Gasteiger partial charge in [-0.3, -0.25) is 24.0 Å². The van der Waals surface area contributed by atoms with Gasteiger partial charge in [-0.1, -0.05) is 66.7 Å². The third-order valence-corrected chi connectivity index (χ3v) is 8.75. The van der Waals surface area contributed by atoms with Gasteiger partial charge in [0.15, 0.2) is 11.6 Å². The number of amides is 3. The summed E-state index contributed by atoms with van der Waals surface area (Å²) in [7, 11) is 0. The van der Waals surface area contributed by atoms with E-state index in [9.17, 15) is 24.0 Å². The molecule has 0 aliphatic heterocycles. The summed E-state index contributed by atoms with van der Waals surface area (Å²) in [6.45, 7) is 2.42. The van der Waals surface area contributed by atoms with Crippen LogP contribution in [0.15, 0.2) is 132 Å². The van der Waals surface area contributed by atoms with Gasteiger partial charge in [0.25, 0.3) is 11.8 Å². The Morgan fingerprint density at radius 1 is 0.700 bits per heavy atom. The minimum atomic E-state index is -0.523. The maximum Gasteiger partial charge on any atom is 0.272 e. The van der Waals surface area contributed by atoms with E-state index in [4.69, 9.17) is 4.74 Å². The number of thioether (sulfide) groups is 1. The van der Waals surface area contributed by atoms with Gasteiger partial charge in [-0.05, 0) is 73.2 Å². The highest BCUT2D eigenvalue weighted by Crippen LogP contribution is 2.32. The molecule has 0 fully saturated rings. The summed E-state index contributed by atoms with van der Waals surface area (Å²) >= 11 is 1.27. The first kappa shape index (κ1) is 33.6. The highest BCUT2D eigenvalue weighted by Gasteiger charge is 2.31. The van der Waals surface area contributed by atoms with Crippen LogP contribution in [0, 0.1) is 0 Å². The first-order chi connectivity index (χ1) is 24.3. The van der Waals surface area contributed by atoms with E-state index in [2.05, 4.69) is 16.0 Å². The number of anilines is 2. The molecular weight excluding hydrogens is 651 g/mol. The van der Waals surface area contributed by atoms with E-state index >= 15 is 0 Å². The van der Waals surface area contributed by atoms with Crippen molar-refractivity contribution in [2.45, 2.75) is 11.8 Å². The number of benzene rings is 5. The Bertz CT molecular complexity index is 2130. The first-order valence-corrected chi connectivity index (χ1v) is 16.8. The number of hydrogen-bond donors (Lipinski definition) is 3. The predicted octanol–water partition coefficient (Wildman–Crippen LogP) is 7.00. The molecule has 248 valence electrons. The quantitative estimate of drug-likeness (QED) is 0.0992. The molecule has 0 aromatic heterocycles. The minimum Gasteiger partial charge on any atom is -0.494 e. The topological polar surface area (TPSA) is 131 Å². The van der Waals surface area contributed by atoms with E-state index < -0.39 is 11.8 Å². The van der Waals surface area contributed by atoms with Gasteiger partial charge < -0.3 is 20.7 Å². The van der Waals surface area contributed by atoms with Gasteiger partial charge in [0, 0.05) is 32.8 Å². The molecule has 1 aliphatic carbocycles. The second-order valence-electron chi connectivity index (χ2n) is 11.1. The number of carbonyl (C=O) groups excluding carboxylic acids is 5. The summed E-state index contributed by atoms with van der Waals surface area (Å²) in [6.07, 6.45) is 1.58. The Hall–Kier alpha value is -6.26. The Kier molecular flexibility index (Phi) is 10.3. The van der Waals surface area contributed by atoms with Crippen molar-refractivity contribution in [1.29, 1.82) is 0 Å². The Morgan fingerprint density at radius 2 is 1.36 bits per heavy atom. The number of ether oxygens (including phenoxy) is 1. The number of carbonyl (C=O) groups is 5. The lowest BCUT2D eigenvalue weighted by Gasteiger charge is -2.20. The zero-order valence-corrected chi connectivity index (χ0v) is 27.7. The fraction of sp³-hybridized carbons (Fsp3) is 0.0750. The number of ketones is 2. The SMILES string of the molecule is CCOc1ccc(/C=C(\NC(=O)c2ccccc2)C(=O)Nc2ccc(SCC(=O)Nc3cccc4c3C(=O)c3ccccc3C4=O)cc2)cc1. The molecule has 3 amide bonds. The van der Waals surface area contributed by atoms with E-state index in [1.807, 2.05) is 6.92 Å². The molecule has 5 aromatic carbocycles. The van der Waals surface area contributed by atoms with Gasteiger partial charge in [-0.25, -0.2) is 0 Å². The van der Waals surface area contributed by atoms with E-state index in [1.54, 1.807) is 127 Å². The van der Waals surface area contributed by atoms with Gasteiger partial charge in [0.05, 0.1) is 23.6 Å². The Labute approximate surface area is 292 Å². The maximum absolute atomic E-state index is 13.4. The van der Waals surface area contributed by atoms with Gasteiger partial charge >= 0.3 is 0 Å². The number of hydrogen-bond acceptors (Lipinski definition) is 7. The fourth-order valence-electron chi connectivity index (χ4n) is 5.35. The molecule has 6 rings (SSSR count). The van der Waals surface area contributed by atoms with Crippen molar-refractivity contribution in [1.82, 2.24) is 5.32 Å². The Balaban J connectivity index is 1.10. The monoisotopic (exact) mass is 681 g/mol. The summed E-state index contributed by atoms with van der Waals surface area (Å²) < 4.78 is 5.50. The summed E-state index contributed by atoms with van der Waals surface area (Å²) in [6, 6.07) is 34.1. The van der Waals surface area contributed by atoms with Crippen LogP contribution in [0.3, 0.4) is 0 Å². The number of nitrogens with one attached hydrogen (secondary N) is 3. The van der Waals surface area contributed by atoms with Gasteiger partial charge in [-0.2, -0.15) is 0 Å². The van der Waals surface area contributed by atoms with Crippen molar-refractivity contribution in [3.63, 3.8) is 0 Å². The lowest BCUT2D eigenvalue weighted by atomic mass is 9.83. The molecule has 1 aliphatic rings. The summed E-state index contributed by atoms with van der Waals surface area (Å²) in [5.41, 5.74) is 3.01. The van der Waals surface area contributed by atoms with Crippen molar-refractivity contribution in [2.24, 2.45) is 0 Å². The minimum absolute atomic E-state index is 0.0363. The fourth-order valence-corrected chi connectivity index (χ4v) is 6.05. The average Bonchev–Trinajstić information content (AvgIpc) is 3.14. The lowest BCUT2D eigenvalue weighted by molar-refractivity contribution is -0.114. The van der Waals surface area contributed by atoms with Crippen LogP contribution >= 0.6 is 11.8 Å². The van der Waals surface area contributed by atoms with Crippen LogP contribution in [0.1, 0.15) is 54.7 Å². The van der Waals surface area contributed by atoms with Crippen molar-refractivity contribution in [3.05, 3.63) is 160 Å². The molecule has 0 radical (unpaired) electrons. The van der Waals surface area contributed by atoms with E-state index in [0.29, 0.717) is 40.3 Å². The van der Waals surface area contributed by atoms with Gasteiger partial charge in [-0.15, -0.1) is 11.8 Å². The van der Waals surface area contributed by atoms with Crippen LogP contribution in [0.5, 0.6) is 5.75 Å². The molecule has 0 bridgehead atoms. The van der Waals surface area contributed by atoms with E-state index in [0.717, 1.165) is 4.90 Å². The highest BCUT2D eigenvalue weighted by atomic mass is 32.2. The standard InChI is InChI=1S/C40H31N3O6S/c1-2-49-28-19-15-25(16-20-28)23-34(43-39(47)26-9-4-3-5-10-26)40(48)41-27-17-21-29(22-18-27)50-24-35(44)42-33-14-8-13-32-36(33)38(46)31-12-7-6-11-30(31)37(32)45/h3-23H,2,24H2,1H3,(H,41,48)(H,42,44)(H,43,47)/b34-23-. The molecule has 50 heavy (non-hydrogen) atoms. The zero-order valence-electron chi connectivity index (χ0n) is 26.9. The molecular formula is C40H31N3O6S. The molecule has 0 spiro atoms. The van der Waals surface area contributed by atoms with Crippen molar-refractivity contribution in [2.75, 3.05) is 23.0 Å². The molecule has 10 heteroatoms. The molecule has 3 N–H and O–H groups in total. The molecule has 5 aromatic rings. The first-order valence-electron chi connectivity index (χ1n) is 15.8. The second kappa shape index (κ2) is 15.3. The molecule has 0 unspecified atom stereocenters. The third-order valence-electron chi connectivity index (χ3n) is 7.74. The normalized spacial score (nSPS) is 12.0. The van der Waals surface area contributed by atoms with E-state index in [-0.39, 0.29) is 45.7 Å². The van der Waals surface area contributed by atoms with Crippen LogP contribution in [0.4, 0.5) is 11.4 Å². The third kappa shape index (κ3) is 7.72. The molecule has 0 atom stereocenters.